The van der Waals surface area contributed by atoms with Gasteiger partial charge in [-0.1, -0.05) is 6.07 Å². The van der Waals surface area contributed by atoms with Crippen LogP contribution in [0.3, 0.4) is 0 Å². The molecule has 0 spiro atoms. The van der Waals surface area contributed by atoms with E-state index in [1.807, 2.05) is 37.1 Å². The van der Waals surface area contributed by atoms with E-state index in [-0.39, 0.29) is 5.91 Å². The number of methoxy groups -OCH3 is 1. The monoisotopic (exact) mass is 314 g/mol. The predicted octanol–water partition coefficient (Wildman–Crippen LogP) is 2.03. The van der Waals surface area contributed by atoms with E-state index >= 15 is 0 Å². The highest BCUT2D eigenvalue weighted by atomic mass is 79.9. The van der Waals surface area contributed by atoms with Crippen LogP contribution in [0.4, 0.5) is 0 Å². The van der Waals surface area contributed by atoms with Crippen molar-refractivity contribution in [2.24, 2.45) is 0 Å². The van der Waals surface area contributed by atoms with Crippen molar-refractivity contribution in [3.8, 4) is 5.75 Å². The molecule has 1 rings (SSSR count). The van der Waals surface area contributed by atoms with Crippen LogP contribution in [0.25, 0.3) is 0 Å². The van der Waals surface area contributed by atoms with Gasteiger partial charge in [-0.15, -0.1) is 0 Å². The van der Waals surface area contributed by atoms with Crippen molar-refractivity contribution in [2.45, 2.75) is 13.5 Å². The predicted molar refractivity (Wildman–Crippen MR) is 75.7 cm³/mol. The first-order valence-corrected chi connectivity index (χ1v) is 6.63. The van der Waals surface area contributed by atoms with Gasteiger partial charge in [-0.3, -0.25) is 9.69 Å². The van der Waals surface area contributed by atoms with Gasteiger partial charge in [0.15, 0.2) is 0 Å². The number of ether oxygens (including phenoxy) is 1. The highest BCUT2D eigenvalue weighted by Gasteiger charge is 2.07. The Morgan fingerprint density at radius 1 is 1.50 bits per heavy atom. The Bertz CT molecular complexity index is 410. The molecule has 0 aliphatic rings. The minimum atomic E-state index is 0.0487. The molecule has 0 atom stereocenters. The van der Waals surface area contributed by atoms with Gasteiger partial charge in [-0.05, 0) is 47.6 Å². The molecule has 4 nitrogen and oxygen atoms in total. The maximum atomic E-state index is 11.4. The van der Waals surface area contributed by atoms with Gasteiger partial charge in [-0.25, -0.2) is 0 Å². The molecular formula is C13H19BrN2O2. The van der Waals surface area contributed by atoms with Gasteiger partial charge < -0.3 is 10.1 Å². The van der Waals surface area contributed by atoms with E-state index in [0.29, 0.717) is 13.1 Å². The second-order valence-electron chi connectivity index (χ2n) is 4.09. The number of benzene rings is 1. The molecule has 1 aromatic carbocycles. The van der Waals surface area contributed by atoms with Crippen LogP contribution in [0, 0.1) is 0 Å². The topological polar surface area (TPSA) is 41.6 Å². The molecule has 0 heterocycles. The number of amides is 1. The van der Waals surface area contributed by atoms with Crippen molar-refractivity contribution in [1.29, 1.82) is 0 Å². The molecule has 0 saturated heterocycles. The van der Waals surface area contributed by atoms with Crippen LogP contribution >= 0.6 is 15.9 Å². The molecule has 1 amide bonds. The number of hydrogen-bond donors (Lipinski definition) is 1. The zero-order valence-electron chi connectivity index (χ0n) is 11.0. The third-order valence-corrected chi connectivity index (χ3v) is 3.08. The summed E-state index contributed by atoms with van der Waals surface area (Å²) in [5.74, 6) is 0.859. The molecule has 0 aromatic heterocycles. The lowest BCUT2D eigenvalue weighted by molar-refractivity contribution is -0.121. The van der Waals surface area contributed by atoms with E-state index in [4.69, 9.17) is 4.74 Å². The normalized spacial score (nSPS) is 10.5. The number of halogens is 1. The van der Waals surface area contributed by atoms with E-state index in [1.165, 1.54) is 0 Å². The first-order valence-electron chi connectivity index (χ1n) is 5.84. The lowest BCUT2D eigenvalue weighted by Gasteiger charge is -2.16. The zero-order valence-corrected chi connectivity index (χ0v) is 12.6. The molecule has 0 aliphatic heterocycles. The smallest absolute Gasteiger partial charge is 0.234 e. The Kier molecular flexibility index (Phi) is 6.15. The summed E-state index contributed by atoms with van der Waals surface area (Å²) in [7, 11) is 3.56. The van der Waals surface area contributed by atoms with Crippen molar-refractivity contribution >= 4 is 21.8 Å². The molecule has 0 saturated carbocycles. The molecule has 0 aliphatic carbocycles. The summed E-state index contributed by atoms with van der Waals surface area (Å²) in [4.78, 5) is 13.4. The molecule has 0 radical (unpaired) electrons. The van der Waals surface area contributed by atoms with E-state index in [2.05, 4.69) is 21.2 Å². The molecule has 1 aromatic rings. The van der Waals surface area contributed by atoms with Crippen molar-refractivity contribution < 1.29 is 9.53 Å². The fourth-order valence-electron chi connectivity index (χ4n) is 1.67. The standard InChI is InChI=1S/C13H19BrN2O2/c1-4-15-13(17)9-16(2)8-10-5-6-12(18-3)11(14)7-10/h5-7H,4,8-9H2,1-3H3,(H,15,17). The third-order valence-electron chi connectivity index (χ3n) is 2.46. The highest BCUT2D eigenvalue weighted by Crippen LogP contribution is 2.25. The van der Waals surface area contributed by atoms with E-state index in [0.717, 1.165) is 22.3 Å². The van der Waals surface area contributed by atoms with Crippen LogP contribution in [-0.2, 0) is 11.3 Å². The number of nitrogens with zero attached hydrogens (tertiary/aromatic N) is 1. The van der Waals surface area contributed by atoms with Crippen LogP contribution in [0.1, 0.15) is 12.5 Å². The second kappa shape index (κ2) is 7.38. The molecule has 1 N–H and O–H groups in total. The zero-order chi connectivity index (χ0) is 13.5. The number of likely N-dealkylation sites (N-methyl/N-ethyl adjacent to an activating group) is 2. The minimum absolute atomic E-state index is 0.0487. The summed E-state index contributed by atoms with van der Waals surface area (Å²) in [6, 6.07) is 5.92. The molecule has 100 valence electrons. The Morgan fingerprint density at radius 2 is 2.22 bits per heavy atom. The van der Waals surface area contributed by atoms with Crippen molar-refractivity contribution in [3.05, 3.63) is 28.2 Å². The average molecular weight is 315 g/mol. The number of carbonyl (C=O) groups is 1. The third kappa shape index (κ3) is 4.66. The van der Waals surface area contributed by atoms with Gasteiger partial charge in [0.25, 0.3) is 0 Å². The summed E-state index contributed by atoms with van der Waals surface area (Å²) >= 11 is 3.45. The van der Waals surface area contributed by atoms with E-state index in [1.54, 1.807) is 7.11 Å². The fraction of sp³-hybridized carbons (Fsp3) is 0.462. The van der Waals surface area contributed by atoms with Gasteiger partial charge >= 0.3 is 0 Å². The lowest BCUT2D eigenvalue weighted by Crippen LogP contribution is -2.34. The van der Waals surface area contributed by atoms with Crippen LogP contribution in [0.15, 0.2) is 22.7 Å². The van der Waals surface area contributed by atoms with Crippen LogP contribution in [0.5, 0.6) is 5.75 Å². The Labute approximate surface area is 116 Å². The minimum Gasteiger partial charge on any atom is -0.496 e. The van der Waals surface area contributed by atoms with Crippen LogP contribution < -0.4 is 10.1 Å². The first kappa shape index (κ1) is 15.0. The number of nitrogens with one attached hydrogen (secondary N) is 1. The second-order valence-corrected chi connectivity index (χ2v) is 4.95. The molecule has 18 heavy (non-hydrogen) atoms. The van der Waals surface area contributed by atoms with Gasteiger partial charge in [0.1, 0.15) is 5.75 Å². The van der Waals surface area contributed by atoms with Crippen molar-refractivity contribution in [3.63, 3.8) is 0 Å². The number of rotatable bonds is 6. The lowest BCUT2D eigenvalue weighted by atomic mass is 10.2. The van der Waals surface area contributed by atoms with Crippen LogP contribution in [-0.4, -0.2) is 38.1 Å². The largest absolute Gasteiger partial charge is 0.496 e. The number of carbonyl (C=O) groups excluding carboxylic acids is 1. The van der Waals surface area contributed by atoms with Gasteiger partial charge in [0.2, 0.25) is 5.91 Å². The summed E-state index contributed by atoms with van der Waals surface area (Å²) in [6.07, 6.45) is 0. The quantitative estimate of drug-likeness (QED) is 0.873. The Balaban J connectivity index is 2.56. The maximum absolute atomic E-state index is 11.4. The first-order chi connectivity index (χ1) is 8.56. The van der Waals surface area contributed by atoms with Gasteiger partial charge in [0.05, 0.1) is 18.1 Å². The van der Waals surface area contributed by atoms with Gasteiger partial charge in [0, 0.05) is 13.1 Å². The van der Waals surface area contributed by atoms with Crippen molar-refractivity contribution in [2.75, 3.05) is 27.2 Å². The summed E-state index contributed by atoms with van der Waals surface area (Å²) in [6.45, 7) is 3.70. The summed E-state index contributed by atoms with van der Waals surface area (Å²) < 4.78 is 6.10. The molecule has 0 fully saturated rings. The average Bonchev–Trinajstić information content (AvgIpc) is 2.29. The number of hydrogen-bond acceptors (Lipinski definition) is 3. The Hall–Kier alpha value is -1.07. The summed E-state index contributed by atoms with van der Waals surface area (Å²) in [5, 5.41) is 2.78. The molecular weight excluding hydrogens is 296 g/mol. The highest BCUT2D eigenvalue weighted by molar-refractivity contribution is 9.10. The van der Waals surface area contributed by atoms with E-state index in [9.17, 15) is 4.79 Å². The maximum Gasteiger partial charge on any atom is 0.234 e. The van der Waals surface area contributed by atoms with Crippen molar-refractivity contribution in [1.82, 2.24) is 10.2 Å². The summed E-state index contributed by atoms with van der Waals surface area (Å²) in [5.41, 5.74) is 1.13. The van der Waals surface area contributed by atoms with Crippen LogP contribution in [0.2, 0.25) is 0 Å². The molecule has 0 unspecified atom stereocenters. The Morgan fingerprint density at radius 3 is 2.78 bits per heavy atom. The van der Waals surface area contributed by atoms with Gasteiger partial charge in [-0.2, -0.15) is 0 Å². The SMILES string of the molecule is CCNC(=O)CN(C)Cc1ccc(OC)c(Br)c1. The molecule has 0 bridgehead atoms. The van der Waals surface area contributed by atoms with E-state index < -0.39 is 0 Å². The molecule has 5 heteroatoms. The fourth-order valence-corrected chi connectivity index (χ4v) is 2.26.